The Morgan fingerprint density at radius 2 is 2.29 bits per heavy atom. The lowest BCUT2D eigenvalue weighted by molar-refractivity contribution is 0.437. The van der Waals surface area contributed by atoms with Gasteiger partial charge in [-0.2, -0.15) is 16.9 Å². The molecule has 0 radical (unpaired) electrons. The van der Waals surface area contributed by atoms with E-state index in [4.69, 9.17) is 5.73 Å². The first kappa shape index (κ1) is 11.4. The third-order valence-electron chi connectivity index (χ3n) is 1.81. The summed E-state index contributed by atoms with van der Waals surface area (Å²) < 4.78 is 1.89. The van der Waals surface area contributed by atoms with Crippen molar-refractivity contribution >= 4 is 17.6 Å². The summed E-state index contributed by atoms with van der Waals surface area (Å²) in [5, 5.41) is 4.11. The highest BCUT2D eigenvalue weighted by Gasteiger charge is 1.95. The lowest BCUT2D eigenvalue weighted by Crippen LogP contribution is -2.15. The Morgan fingerprint density at radius 1 is 1.50 bits per heavy atom. The highest BCUT2D eigenvalue weighted by molar-refractivity contribution is 7.99. The summed E-state index contributed by atoms with van der Waals surface area (Å²) in [7, 11) is 4.18. The third kappa shape index (κ3) is 4.53. The zero-order valence-electron chi connectivity index (χ0n) is 8.81. The van der Waals surface area contributed by atoms with Gasteiger partial charge in [0, 0.05) is 24.2 Å². The fraction of sp³-hybridized carbons (Fsp3) is 0.667. The predicted octanol–water partition coefficient (Wildman–Crippen LogP) is 0.760. The topological polar surface area (TPSA) is 47.1 Å². The number of anilines is 1. The molecule has 1 heterocycles. The third-order valence-corrected chi connectivity index (χ3v) is 2.75. The fourth-order valence-corrected chi connectivity index (χ4v) is 2.02. The monoisotopic (exact) mass is 214 g/mol. The lowest BCUT2D eigenvalue weighted by Gasteiger charge is -2.08. The number of thioether (sulfide) groups is 1. The molecule has 0 bridgehead atoms. The molecule has 14 heavy (non-hydrogen) atoms. The lowest BCUT2D eigenvalue weighted by atomic mass is 10.7. The Labute approximate surface area is 89.5 Å². The minimum atomic E-state index is 0.600. The molecule has 0 spiro atoms. The van der Waals surface area contributed by atoms with Crippen molar-refractivity contribution in [2.24, 2.45) is 0 Å². The van der Waals surface area contributed by atoms with E-state index in [1.807, 2.05) is 28.7 Å². The Balaban J connectivity index is 2.04. The molecule has 0 saturated heterocycles. The van der Waals surface area contributed by atoms with Crippen molar-refractivity contribution in [3.8, 4) is 0 Å². The molecule has 0 unspecified atom stereocenters. The van der Waals surface area contributed by atoms with Crippen LogP contribution < -0.4 is 5.73 Å². The van der Waals surface area contributed by atoms with Gasteiger partial charge in [-0.3, -0.25) is 4.68 Å². The number of nitrogens with zero attached hydrogens (tertiary/aromatic N) is 3. The molecule has 1 aromatic heterocycles. The van der Waals surface area contributed by atoms with Crippen molar-refractivity contribution in [2.75, 3.05) is 37.9 Å². The van der Waals surface area contributed by atoms with Crippen molar-refractivity contribution in [1.29, 1.82) is 0 Å². The second kappa shape index (κ2) is 5.93. The molecule has 0 aliphatic heterocycles. The second-order valence-corrected chi connectivity index (χ2v) is 4.64. The standard InChI is InChI=1S/C9H18N4S/c1-12(2)5-7-14-8-6-13-4-3-9(10)11-13/h3-4H,5-8H2,1-2H3,(H2,10,11). The van der Waals surface area contributed by atoms with Gasteiger partial charge in [-0.05, 0) is 20.2 Å². The maximum atomic E-state index is 5.50. The normalized spacial score (nSPS) is 11.1. The molecular formula is C9H18N4S. The average molecular weight is 214 g/mol. The highest BCUT2D eigenvalue weighted by Crippen LogP contribution is 2.02. The molecule has 1 aromatic rings. The van der Waals surface area contributed by atoms with Crippen LogP contribution in [0.3, 0.4) is 0 Å². The summed E-state index contributed by atoms with van der Waals surface area (Å²) in [6.45, 7) is 2.07. The molecule has 0 fully saturated rings. The Bertz CT molecular complexity index is 259. The van der Waals surface area contributed by atoms with Crippen molar-refractivity contribution in [3.63, 3.8) is 0 Å². The van der Waals surface area contributed by atoms with E-state index < -0.39 is 0 Å². The van der Waals surface area contributed by atoms with Crippen molar-refractivity contribution < 1.29 is 0 Å². The fourth-order valence-electron chi connectivity index (χ4n) is 1.01. The number of aryl methyl sites for hydroxylation is 1. The summed E-state index contributed by atoms with van der Waals surface area (Å²) in [5.74, 6) is 2.86. The quantitative estimate of drug-likeness (QED) is 0.710. The van der Waals surface area contributed by atoms with Gasteiger partial charge in [-0.1, -0.05) is 0 Å². The van der Waals surface area contributed by atoms with Crippen LogP contribution in [-0.4, -0.2) is 46.8 Å². The van der Waals surface area contributed by atoms with E-state index in [-0.39, 0.29) is 0 Å². The number of nitrogens with two attached hydrogens (primary N) is 1. The molecule has 1 rings (SSSR count). The van der Waals surface area contributed by atoms with E-state index in [9.17, 15) is 0 Å². The minimum absolute atomic E-state index is 0.600. The molecule has 80 valence electrons. The zero-order valence-corrected chi connectivity index (χ0v) is 9.63. The van der Waals surface area contributed by atoms with Crippen LogP contribution in [0.4, 0.5) is 5.82 Å². The number of aromatic nitrogens is 2. The van der Waals surface area contributed by atoms with Gasteiger partial charge in [-0.15, -0.1) is 0 Å². The first-order chi connectivity index (χ1) is 6.68. The van der Waals surface area contributed by atoms with E-state index in [1.165, 1.54) is 5.75 Å². The van der Waals surface area contributed by atoms with Crippen molar-refractivity contribution in [1.82, 2.24) is 14.7 Å². The first-order valence-electron chi connectivity index (χ1n) is 4.70. The minimum Gasteiger partial charge on any atom is -0.382 e. The van der Waals surface area contributed by atoms with Gasteiger partial charge in [0.1, 0.15) is 5.82 Å². The second-order valence-electron chi connectivity index (χ2n) is 3.42. The molecule has 5 heteroatoms. The van der Waals surface area contributed by atoms with E-state index in [1.54, 1.807) is 0 Å². The van der Waals surface area contributed by atoms with Crippen LogP contribution in [0, 0.1) is 0 Å². The molecule has 2 N–H and O–H groups in total. The van der Waals surface area contributed by atoms with Crippen LogP contribution >= 0.6 is 11.8 Å². The number of hydrogen-bond acceptors (Lipinski definition) is 4. The summed E-state index contributed by atoms with van der Waals surface area (Å²) in [5.41, 5.74) is 5.50. The van der Waals surface area contributed by atoms with Gasteiger partial charge in [0.2, 0.25) is 0 Å². The maximum absolute atomic E-state index is 5.50. The van der Waals surface area contributed by atoms with E-state index in [0.717, 1.165) is 18.8 Å². The molecule has 4 nitrogen and oxygen atoms in total. The van der Waals surface area contributed by atoms with Crippen LogP contribution in [0.5, 0.6) is 0 Å². The van der Waals surface area contributed by atoms with Crippen LogP contribution in [0.1, 0.15) is 0 Å². The number of nitrogen functional groups attached to an aromatic ring is 1. The van der Waals surface area contributed by atoms with E-state index in [0.29, 0.717) is 5.82 Å². The molecule has 0 aromatic carbocycles. The molecule has 0 aliphatic carbocycles. The SMILES string of the molecule is CN(C)CCSCCn1ccc(N)n1. The van der Waals surface area contributed by atoms with Crippen LogP contribution in [0.15, 0.2) is 12.3 Å². The van der Waals surface area contributed by atoms with Crippen LogP contribution in [-0.2, 0) is 6.54 Å². The van der Waals surface area contributed by atoms with Gasteiger partial charge in [0.15, 0.2) is 0 Å². The number of rotatable bonds is 6. The Hall–Kier alpha value is -0.680. The summed E-state index contributed by atoms with van der Waals surface area (Å²) in [4.78, 5) is 2.19. The smallest absolute Gasteiger partial charge is 0.145 e. The Kier molecular flexibility index (Phi) is 4.82. The highest BCUT2D eigenvalue weighted by atomic mass is 32.2. The van der Waals surface area contributed by atoms with E-state index >= 15 is 0 Å². The molecule has 0 amide bonds. The zero-order chi connectivity index (χ0) is 10.4. The van der Waals surface area contributed by atoms with Crippen molar-refractivity contribution in [2.45, 2.75) is 6.54 Å². The van der Waals surface area contributed by atoms with Crippen LogP contribution in [0.25, 0.3) is 0 Å². The summed E-state index contributed by atoms with van der Waals surface area (Å²) >= 11 is 1.94. The molecule has 0 atom stereocenters. The van der Waals surface area contributed by atoms with E-state index in [2.05, 4.69) is 24.1 Å². The Morgan fingerprint density at radius 3 is 2.86 bits per heavy atom. The molecule has 0 aliphatic rings. The van der Waals surface area contributed by atoms with Gasteiger partial charge in [-0.25, -0.2) is 0 Å². The first-order valence-corrected chi connectivity index (χ1v) is 5.85. The molecule has 0 saturated carbocycles. The van der Waals surface area contributed by atoms with Gasteiger partial charge < -0.3 is 10.6 Å². The summed E-state index contributed by atoms with van der Waals surface area (Å²) in [6, 6.07) is 1.82. The largest absolute Gasteiger partial charge is 0.382 e. The summed E-state index contributed by atoms with van der Waals surface area (Å²) in [6.07, 6.45) is 1.92. The number of hydrogen-bond donors (Lipinski definition) is 1. The maximum Gasteiger partial charge on any atom is 0.145 e. The van der Waals surface area contributed by atoms with Gasteiger partial charge in [0.05, 0.1) is 6.54 Å². The van der Waals surface area contributed by atoms with Gasteiger partial charge in [0.25, 0.3) is 0 Å². The average Bonchev–Trinajstić information content (AvgIpc) is 2.50. The molecular weight excluding hydrogens is 196 g/mol. The van der Waals surface area contributed by atoms with Crippen molar-refractivity contribution in [3.05, 3.63) is 12.3 Å². The predicted molar refractivity (Wildman–Crippen MR) is 62.5 cm³/mol. The van der Waals surface area contributed by atoms with Gasteiger partial charge >= 0.3 is 0 Å². The van der Waals surface area contributed by atoms with Crippen LogP contribution in [0.2, 0.25) is 0 Å².